The van der Waals surface area contributed by atoms with Crippen LogP contribution in [0.5, 0.6) is 0 Å². The molecule has 2 atom stereocenters. The maximum atomic E-state index is 5.80. The Bertz CT molecular complexity index is 285. The molecule has 70 valence electrons. The Balaban J connectivity index is 2.20. The highest BCUT2D eigenvalue weighted by molar-refractivity contribution is 6.30. The maximum absolute atomic E-state index is 5.80. The van der Waals surface area contributed by atoms with Crippen molar-refractivity contribution in [3.8, 4) is 0 Å². The monoisotopic (exact) mass is 197 g/mol. The molecule has 3 N–H and O–H groups in total. The second-order valence-corrected chi connectivity index (χ2v) is 3.67. The van der Waals surface area contributed by atoms with E-state index < -0.39 is 0 Å². The van der Waals surface area contributed by atoms with E-state index in [1.807, 2.05) is 24.3 Å². The van der Waals surface area contributed by atoms with E-state index in [1.54, 1.807) is 0 Å². The van der Waals surface area contributed by atoms with E-state index in [9.17, 15) is 0 Å². The number of rotatable bonds is 1. The molecular weight excluding hydrogens is 186 g/mol. The van der Waals surface area contributed by atoms with E-state index in [0.717, 1.165) is 5.02 Å². The molecule has 2 unspecified atom stereocenters. The molecule has 1 aromatic carbocycles. The Labute approximate surface area is 82.4 Å². The van der Waals surface area contributed by atoms with Crippen LogP contribution >= 0.6 is 11.6 Å². The van der Waals surface area contributed by atoms with Crippen LogP contribution in [0.25, 0.3) is 0 Å². The number of benzene rings is 1. The molecular formula is C9H12ClN3. The molecule has 0 aromatic heterocycles. The summed E-state index contributed by atoms with van der Waals surface area (Å²) in [6.45, 7) is 2.12. The molecule has 1 aliphatic rings. The highest BCUT2D eigenvalue weighted by atomic mass is 35.5. The van der Waals surface area contributed by atoms with Gasteiger partial charge in [-0.3, -0.25) is 0 Å². The molecule has 13 heavy (non-hydrogen) atoms. The predicted molar refractivity (Wildman–Crippen MR) is 53.1 cm³/mol. The van der Waals surface area contributed by atoms with E-state index in [0.29, 0.717) is 12.1 Å². The first-order valence-electron chi connectivity index (χ1n) is 4.29. The summed E-state index contributed by atoms with van der Waals surface area (Å²) >= 11 is 5.80. The lowest BCUT2D eigenvalue weighted by molar-refractivity contribution is 0.555. The fourth-order valence-corrected chi connectivity index (χ4v) is 1.61. The summed E-state index contributed by atoms with van der Waals surface area (Å²) in [5, 5.41) is 0.773. The molecule has 1 aromatic rings. The molecule has 3 nitrogen and oxygen atoms in total. The van der Waals surface area contributed by atoms with E-state index in [1.165, 1.54) is 5.56 Å². The summed E-state index contributed by atoms with van der Waals surface area (Å²) < 4.78 is 0. The Morgan fingerprint density at radius 2 is 1.85 bits per heavy atom. The van der Waals surface area contributed by atoms with Crippen LogP contribution in [0.4, 0.5) is 0 Å². The Morgan fingerprint density at radius 3 is 2.38 bits per heavy atom. The first kappa shape index (κ1) is 8.97. The molecule has 1 fully saturated rings. The summed E-state index contributed by atoms with van der Waals surface area (Å²) in [5.41, 5.74) is 10.4. The molecule has 1 heterocycles. The largest absolute Gasteiger partial charge is 0.239 e. The minimum absolute atomic E-state index is 0.303. The molecule has 0 saturated carbocycles. The maximum Gasteiger partial charge on any atom is 0.0640 e. The van der Waals surface area contributed by atoms with E-state index >= 15 is 0 Å². The van der Waals surface area contributed by atoms with Gasteiger partial charge in [0.05, 0.1) is 6.04 Å². The average Bonchev–Trinajstić information content (AvgIpc) is 2.53. The molecule has 2 rings (SSSR count). The fourth-order valence-electron chi connectivity index (χ4n) is 1.48. The van der Waals surface area contributed by atoms with Crippen molar-refractivity contribution >= 4 is 11.6 Å². The second-order valence-electron chi connectivity index (χ2n) is 3.23. The van der Waals surface area contributed by atoms with Crippen LogP contribution in [0.15, 0.2) is 24.3 Å². The van der Waals surface area contributed by atoms with Crippen LogP contribution in [0, 0.1) is 0 Å². The summed E-state index contributed by atoms with van der Waals surface area (Å²) in [7, 11) is 0. The van der Waals surface area contributed by atoms with Gasteiger partial charge in [0.1, 0.15) is 0 Å². The molecule has 4 heteroatoms. The van der Waals surface area contributed by atoms with Gasteiger partial charge in [-0.2, -0.15) is 5.53 Å². The van der Waals surface area contributed by atoms with Crippen molar-refractivity contribution in [1.29, 1.82) is 0 Å². The third-order valence-electron chi connectivity index (χ3n) is 2.26. The predicted octanol–water partition coefficient (Wildman–Crippen LogP) is 1.38. The molecule has 1 saturated heterocycles. The minimum Gasteiger partial charge on any atom is -0.239 e. The van der Waals surface area contributed by atoms with Crippen LogP contribution in [-0.2, 0) is 0 Å². The van der Waals surface area contributed by atoms with Gasteiger partial charge in [-0.25, -0.2) is 10.9 Å². The zero-order valence-electron chi connectivity index (χ0n) is 7.34. The topological polar surface area (TPSA) is 36.1 Å². The van der Waals surface area contributed by atoms with Crippen molar-refractivity contribution in [3.63, 3.8) is 0 Å². The van der Waals surface area contributed by atoms with Crippen molar-refractivity contribution < 1.29 is 0 Å². The number of halogens is 1. The SMILES string of the molecule is CC1NNNC1c1ccc(Cl)cc1. The summed E-state index contributed by atoms with van der Waals surface area (Å²) in [4.78, 5) is 0. The van der Waals surface area contributed by atoms with Crippen LogP contribution < -0.4 is 16.4 Å². The van der Waals surface area contributed by atoms with Gasteiger partial charge in [-0.05, 0) is 24.6 Å². The van der Waals surface area contributed by atoms with Gasteiger partial charge >= 0.3 is 0 Å². The summed E-state index contributed by atoms with van der Waals surface area (Å²) in [5.74, 6) is 0. The van der Waals surface area contributed by atoms with Crippen molar-refractivity contribution in [2.24, 2.45) is 0 Å². The van der Waals surface area contributed by atoms with E-state index in [2.05, 4.69) is 23.3 Å². The van der Waals surface area contributed by atoms with Gasteiger partial charge in [-0.15, -0.1) is 0 Å². The lowest BCUT2D eigenvalue weighted by atomic mass is 10.0. The highest BCUT2D eigenvalue weighted by Crippen LogP contribution is 2.20. The number of hydrazine groups is 2. The summed E-state index contributed by atoms with van der Waals surface area (Å²) in [6, 6.07) is 8.56. The van der Waals surface area contributed by atoms with Gasteiger partial charge in [0.2, 0.25) is 0 Å². The molecule has 0 aliphatic carbocycles. The van der Waals surface area contributed by atoms with Gasteiger partial charge < -0.3 is 0 Å². The van der Waals surface area contributed by atoms with Crippen LogP contribution in [0.3, 0.4) is 0 Å². The molecule has 0 bridgehead atoms. The zero-order valence-corrected chi connectivity index (χ0v) is 8.10. The second kappa shape index (κ2) is 3.64. The normalized spacial score (nSPS) is 27.8. The van der Waals surface area contributed by atoms with Gasteiger partial charge in [0.15, 0.2) is 0 Å². The van der Waals surface area contributed by atoms with E-state index in [-0.39, 0.29) is 0 Å². The van der Waals surface area contributed by atoms with Crippen LogP contribution in [0.2, 0.25) is 5.02 Å². The minimum atomic E-state index is 0.303. The molecule has 1 aliphatic heterocycles. The first-order chi connectivity index (χ1) is 6.27. The Hall–Kier alpha value is -0.610. The Kier molecular flexibility index (Phi) is 2.51. The number of nitrogens with one attached hydrogen (secondary N) is 3. The van der Waals surface area contributed by atoms with Crippen molar-refractivity contribution in [1.82, 2.24) is 16.4 Å². The first-order valence-corrected chi connectivity index (χ1v) is 4.67. The highest BCUT2D eigenvalue weighted by Gasteiger charge is 2.23. The smallest absolute Gasteiger partial charge is 0.0640 e. The summed E-state index contributed by atoms with van der Waals surface area (Å²) in [6.07, 6.45) is 0. The lowest BCUT2D eigenvalue weighted by Gasteiger charge is -2.13. The number of hydrogen-bond acceptors (Lipinski definition) is 3. The quantitative estimate of drug-likeness (QED) is 0.637. The molecule has 0 spiro atoms. The molecule has 0 amide bonds. The van der Waals surface area contributed by atoms with Crippen LogP contribution in [-0.4, -0.2) is 6.04 Å². The van der Waals surface area contributed by atoms with Gasteiger partial charge in [0.25, 0.3) is 0 Å². The van der Waals surface area contributed by atoms with Gasteiger partial charge in [-0.1, -0.05) is 23.7 Å². The van der Waals surface area contributed by atoms with Crippen molar-refractivity contribution in [2.75, 3.05) is 0 Å². The van der Waals surface area contributed by atoms with Gasteiger partial charge in [0, 0.05) is 11.1 Å². The van der Waals surface area contributed by atoms with Crippen molar-refractivity contribution in [2.45, 2.75) is 19.0 Å². The Morgan fingerprint density at radius 1 is 1.15 bits per heavy atom. The van der Waals surface area contributed by atoms with Crippen LogP contribution in [0.1, 0.15) is 18.5 Å². The standard InChI is InChI=1S/C9H12ClN3/c1-6-9(12-13-11-6)7-2-4-8(10)5-3-7/h2-6,9,11-13H,1H3. The third kappa shape index (κ3) is 1.84. The fraction of sp³-hybridized carbons (Fsp3) is 0.333. The zero-order chi connectivity index (χ0) is 9.26. The molecule has 0 radical (unpaired) electrons. The average molecular weight is 198 g/mol. The van der Waals surface area contributed by atoms with E-state index in [4.69, 9.17) is 11.6 Å². The number of hydrogen-bond donors (Lipinski definition) is 3. The lowest BCUT2D eigenvalue weighted by Crippen LogP contribution is -2.32. The van der Waals surface area contributed by atoms with Crippen molar-refractivity contribution in [3.05, 3.63) is 34.9 Å². The third-order valence-corrected chi connectivity index (χ3v) is 2.51.